The maximum absolute atomic E-state index is 14.1. The van der Waals surface area contributed by atoms with E-state index in [9.17, 15) is 4.79 Å². The van der Waals surface area contributed by atoms with Crippen LogP contribution in [0.2, 0.25) is 5.02 Å². The van der Waals surface area contributed by atoms with Crippen LogP contribution >= 0.6 is 11.6 Å². The summed E-state index contributed by atoms with van der Waals surface area (Å²) in [7, 11) is 0. The second-order valence-electron chi connectivity index (χ2n) is 9.72. The van der Waals surface area contributed by atoms with Crippen molar-refractivity contribution in [2.24, 2.45) is 0 Å². The van der Waals surface area contributed by atoms with Crippen LogP contribution in [0.1, 0.15) is 48.0 Å². The summed E-state index contributed by atoms with van der Waals surface area (Å²) in [6.45, 7) is 4.67. The number of aromatic nitrogens is 3. The number of anilines is 1. The summed E-state index contributed by atoms with van der Waals surface area (Å²) >= 11 is 6.10. The summed E-state index contributed by atoms with van der Waals surface area (Å²) in [5.41, 5.74) is 7.01. The summed E-state index contributed by atoms with van der Waals surface area (Å²) in [6.07, 6.45) is 3.78. The third kappa shape index (κ3) is 4.61. The first-order valence-corrected chi connectivity index (χ1v) is 13.7. The van der Waals surface area contributed by atoms with Crippen molar-refractivity contribution in [3.63, 3.8) is 0 Å². The van der Waals surface area contributed by atoms with E-state index in [0.29, 0.717) is 17.3 Å². The zero-order valence-electron chi connectivity index (χ0n) is 22.0. The lowest BCUT2D eigenvalue weighted by Gasteiger charge is -2.31. The van der Waals surface area contributed by atoms with Crippen LogP contribution in [0.4, 0.5) is 10.5 Å². The van der Waals surface area contributed by atoms with E-state index in [0.717, 1.165) is 46.9 Å². The van der Waals surface area contributed by atoms with Gasteiger partial charge < -0.3 is 14.8 Å². The fourth-order valence-electron chi connectivity index (χ4n) is 5.36. The lowest BCUT2D eigenvalue weighted by Crippen LogP contribution is -2.38. The van der Waals surface area contributed by atoms with Gasteiger partial charge in [-0.1, -0.05) is 67.9 Å². The zero-order chi connectivity index (χ0) is 26.9. The van der Waals surface area contributed by atoms with Gasteiger partial charge in [-0.3, -0.25) is 0 Å². The van der Waals surface area contributed by atoms with Gasteiger partial charge in [-0.05, 0) is 72.5 Å². The molecule has 5 aromatic rings. The van der Waals surface area contributed by atoms with Crippen molar-refractivity contribution in [3.8, 4) is 11.5 Å². The molecule has 0 aliphatic carbocycles. The Morgan fingerprint density at radius 1 is 0.923 bits per heavy atom. The minimum atomic E-state index is -0.306. The zero-order valence-corrected chi connectivity index (χ0v) is 22.8. The van der Waals surface area contributed by atoms with Crippen LogP contribution in [0.5, 0.6) is 0 Å². The summed E-state index contributed by atoms with van der Waals surface area (Å²) in [6, 6.07) is 29.6. The van der Waals surface area contributed by atoms with Gasteiger partial charge in [0, 0.05) is 22.5 Å². The number of para-hydroxylation sites is 1. The molecule has 3 aromatic carbocycles. The van der Waals surface area contributed by atoms with E-state index < -0.39 is 0 Å². The molecule has 1 aliphatic heterocycles. The van der Waals surface area contributed by atoms with Crippen molar-refractivity contribution in [3.05, 3.63) is 130 Å². The minimum absolute atomic E-state index is 0.183. The molecule has 39 heavy (non-hydrogen) atoms. The van der Waals surface area contributed by atoms with Crippen molar-refractivity contribution < 1.29 is 4.79 Å². The number of hydrogen-bond donors (Lipinski definition) is 1. The van der Waals surface area contributed by atoms with Gasteiger partial charge in [0.1, 0.15) is 5.82 Å². The van der Waals surface area contributed by atoms with E-state index >= 15 is 0 Å². The highest BCUT2D eigenvalue weighted by Crippen LogP contribution is 2.39. The maximum atomic E-state index is 14.1. The summed E-state index contributed by atoms with van der Waals surface area (Å²) in [5, 5.41) is 8.77. The van der Waals surface area contributed by atoms with Gasteiger partial charge in [-0.15, -0.1) is 0 Å². The summed E-state index contributed by atoms with van der Waals surface area (Å²) in [5.74, 6) is 0.968. The number of nitrogens with zero attached hydrogens (tertiary/aromatic N) is 4. The van der Waals surface area contributed by atoms with Crippen molar-refractivity contribution in [2.45, 2.75) is 39.3 Å². The Balaban J connectivity index is 1.53. The number of carbonyl (C=O) groups is 1. The lowest BCUT2D eigenvalue weighted by molar-refractivity contribution is 0.194. The Morgan fingerprint density at radius 3 is 2.36 bits per heavy atom. The van der Waals surface area contributed by atoms with E-state index in [-0.39, 0.29) is 12.1 Å². The number of urea groups is 1. The SMILES string of the molecule is CCc1ccc([C@H]2c3cccn3-c3c(c(CC)nn3-c3ccccc3)CN2C(=O)Nc2ccc(Cl)cc2)cc1. The molecule has 6 nitrogen and oxygen atoms in total. The molecule has 0 radical (unpaired) electrons. The topological polar surface area (TPSA) is 55.1 Å². The van der Waals surface area contributed by atoms with Gasteiger partial charge >= 0.3 is 6.03 Å². The van der Waals surface area contributed by atoms with Crippen LogP contribution in [-0.4, -0.2) is 25.3 Å². The molecule has 1 atom stereocenters. The van der Waals surface area contributed by atoms with Crippen molar-refractivity contribution in [2.75, 3.05) is 5.32 Å². The van der Waals surface area contributed by atoms with Gasteiger partial charge in [-0.25, -0.2) is 9.48 Å². The molecule has 7 heteroatoms. The number of benzene rings is 3. The van der Waals surface area contributed by atoms with Crippen LogP contribution in [0.3, 0.4) is 0 Å². The molecule has 6 rings (SSSR count). The average molecular weight is 536 g/mol. The number of carbonyl (C=O) groups excluding carboxylic acids is 1. The molecule has 0 spiro atoms. The molecule has 1 N–H and O–H groups in total. The molecule has 196 valence electrons. The van der Waals surface area contributed by atoms with Gasteiger partial charge in [0.15, 0.2) is 0 Å². The fraction of sp³-hybridized carbons (Fsp3) is 0.188. The van der Waals surface area contributed by atoms with E-state index in [1.165, 1.54) is 5.56 Å². The number of nitrogens with one attached hydrogen (secondary N) is 1. The van der Waals surface area contributed by atoms with Crippen LogP contribution < -0.4 is 5.32 Å². The Kier molecular flexibility index (Phi) is 6.71. The van der Waals surface area contributed by atoms with Crippen LogP contribution in [0, 0.1) is 0 Å². The fourth-order valence-corrected chi connectivity index (χ4v) is 5.49. The van der Waals surface area contributed by atoms with Crippen LogP contribution in [-0.2, 0) is 19.4 Å². The number of fused-ring (bicyclic) bond motifs is 3. The van der Waals surface area contributed by atoms with E-state index in [4.69, 9.17) is 16.7 Å². The number of amides is 2. The van der Waals surface area contributed by atoms with Gasteiger partial charge in [-0.2, -0.15) is 5.10 Å². The molecular weight excluding hydrogens is 506 g/mol. The normalized spacial score (nSPS) is 14.4. The largest absolute Gasteiger partial charge is 0.322 e. The van der Waals surface area contributed by atoms with E-state index in [1.807, 2.05) is 46.0 Å². The van der Waals surface area contributed by atoms with Crippen LogP contribution in [0.15, 0.2) is 97.2 Å². The smallest absolute Gasteiger partial charge is 0.308 e. The predicted molar refractivity (Wildman–Crippen MR) is 156 cm³/mol. The van der Waals surface area contributed by atoms with Crippen molar-refractivity contribution in [1.82, 2.24) is 19.2 Å². The highest BCUT2D eigenvalue weighted by Gasteiger charge is 2.36. The highest BCUT2D eigenvalue weighted by atomic mass is 35.5. The monoisotopic (exact) mass is 535 g/mol. The van der Waals surface area contributed by atoms with Crippen molar-refractivity contribution in [1.29, 1.82) is 0 Å². The van der Waals surface area contributed by atoms with Crippen molar-refractivity contribution >= 4 is 23.3 Å². The molecule has 0 saturated heterocycles. The first-order valence-electron chi connectivity index (χ1n) is 13.3. The lowest BCUT2D eigenvalue weighted by atomic mass is 9.99. The first kappa shape index (κ1) is 25.0. The van der Waals surface area contributed by atoms with Crippen LogP contribution in [0.25, 0.3) is 11.5 Å². The number of hydrogen-bond acceptors (Lipinski definition) is 2. The van der Waals surface area contributed by atoms with Gasteiger partial charge in [0.05, 0.1) is 29.7 Å². The molecular formula is C32H30ClN5O. The van der Waals surface area contributed by atoms with Gasteiger partial charge in [0.25, 0.3) is 0 Å². The third-order valence-electron chi connectivity index (χ3n) is 7.36. The third-order valence-corrected chi connectivity index (χ3v) is 7.62. The Morgan fingerprint density at radius 2 is 1.67 bits per heavy atom. The van der Waals surface area contributed by atoms with E-state index in [1.54, 1.807) is 12.1 Å². The quantitative estimate of drug-likeness (QED) is 0.252. The standard InChI is InChI=1S/C32H30ClN5O/c1-3-22-12-14-23(15-13-22)30-29-11-8-20-36(29)31-27(28(4-2)35-38(31)26-9-6-5-7-10-26)21-37(30)32(39)34-25-18-16-24(33)17-19-25/h5-20,30H,3-4,21H2,1-2H3,(H,34,39)/t30-/m0/s1. The number of aryl methyl sites for hydroxylation is 2. The Labute approximate surface area is 233 Å². The molecule has 3 heterocycles. The molecule has 2 amide bonds. The predicted octanol–water partition coefficient (Wildman–Crippen LogP) is 7.58. The average Bonchev–Trinajstić information content (AvgIpc) is 3.56. The first-order chi connectivity index (χ1) is 19.1. The maximum Gasteiger partial charge on any atom is 0.322 e. The second-order valence-corrected chi connectivity index (χ2v) is 10.2. The van der Waals surface area contributed by atoms with Gasteiger partial charge in [0.2, 0.25) is 0 Å². The molecule has 2 aromatic heterocycles. The van der Waals surface area contributed by atoms with E-state index in [2.05, 4.69) is 72.4 Å². The summed E-state index contributed by atoms with van der Waals surface area (Å²) in [4.78, 5) is 16.0. The molecule has 0 bridgehead atoms. The molecule has 0 unspecified atom stereocenters. The Bertz CT molecular complexity index is 1600. The molecule has 0 saturated carbocycles. The molecule has 1 aliphatic rings. The summed E-state index contributed by atoms with van der Waals surface area (Å²) < 4.78 is 4.21. The Hall–Kier alpha value is -4.29. The number of halogens is 1. The second kappa shape index (κ2) is 10.5. The minimum Gasteiger partial charge on any atom is -0.308 e. The molecule has 0 fully saturated rings. The number of rotatable bonds is 5. The highest BCUT2D eigenvalue weighted by molar-refractivity contribution is 6.30.